The van der Waals surface area contributed by atoms with Crippen LogP contribution in [0.3, 0.4) is 0 Å². The molecule has 1 aliphatic rings. The highest BCUT2D eigenvalue weighted by molar-refractivity contribution is 8.00. The number of nitrogens with two attached hydrogens (primary N) is 1. The number of carbonyl (C=O) groups excluding carboxylic acids is 6. The Hall–Kier alpha value is -6.25. The maximum absolute atomic E-state index is 15.3. The molecule has 0 saturated heterocycles. The number of amides is 6. The highest BCUT2D eigenvalue weighted by Gasteiger charge is 2.39. The molecule has 75 heavy (non-hydrogen) atoms. The predicted molar refractivity (Wildman–Crippen MR) is 267 cm³/mol. The smallest absolute Gasteiger partial charge is 0.475 e. The molecule has 0 bridgehead atoms. The molecule has 0 saturated carbocycles. The second kappa shape index (κ2) is 32.2. The van der Waals surface area contributed by atoms with E-state index in [0.29, 0.717) is 57.2 Å². The van der Waals surface area contributed by atoms with Crippen molar-refractivity contribution in [1.29, 1.82) is 0 Å². The van der Waals surface area contributed by atoms with Gasteiger partial charge in [0.05, 0.1) is 58.0 Å². The van der Waals surface area contributed by atoms with Gasteiger partial charge in [-0.15, -0.1) is 11.8 Å². The number of thioether (sulfide) groups is 1. The number of halogens is 5. The maximum Gasteiger partial charge on any atom is 0.490 e. The normalized spacial score (nSPS) is 13.2. The van der Waals surface area contributed by atoms with Gasteiger partial charge >= 0.3 is 12.1 Å². The van der Waals surface area contributed by atoms with Gasteiger partial charge in [0.1, 0.15) is 24.2 Å². The molecule has 0 radical (unpaired) electrons. The Labute approximate surface area is 436 Å². The molecule has 4 rings (SSSR count). The van der Waals surface area contributed by atoms with E-state index in [4.69, 9.17) is 34.6 Å². The van der Waals surface area contributed by atoms with Crippen molar-refractivity contribution in [3.8, 4) is 11.1 Å². The number of hydrogen-bond donors (Lipinski definition) is 5. The van der Waals surface area contributed by atoms with Gasteiger partial charge in [0.15, 0.2) is 0 Å². The van der Waals surface area contributed by atoms with Gasteiger partial charge in [-0.3, -0.25) is 33.7 Å². The molecule has 1 aromatic heterocycles. The lowest BCUT2D eigenvalue weighted by atomic mass is 9.83. The van der Waals surface area contributed by atoms with Crippen LogP contribution in [0.2, 0.25) is 0 Å². The summed E-state index contributed by atoms with van der Waals surface area (Å²) in [6, 6.07) is 13.0. The predicted octanol–water partition coefficient (Wildman–Crippen LogP) is 3.84. The molecule has 6 N–H and O–H groups in total. The number of carbonyl (C=O) groups is 7. The van der Waals surface area contributed by atoms with E-state index in [-0.39, 0.29) is 68.9 Å². The molecule has 2 heterocycles. The fraction of sp³-hybridized carbons (Fsp3) is 0.500. The Morgan fingerprint density at radius 3 is 2.01 bits per heavy atom. The molecule has 6 amide bonds. The molecule has 2 unspecified atom stereocenters. The molecule has 2 atom stereocenters. The molecule has 414 valence electrons. The summed E-state index contributed by atoms with van der Waals surface area (Å²) in [4.78, 5) is 88.8. The largest absolute Gasteiger partial charge is 0.490 e. The first-order valence-corrected chi connectivity index (χ1v) is 24.9. The average Bonchev–Trinajstić information content (AvgIpc) is 3.90. The molecular weight excluding hydrogens is 1020 g/mol. The van der Waals surface area contributed by atoms with Crippen LogP contribution in [-0.2, 0) is 59.1 Å². The quantitative estimate of drug-likeness (QED) is 0.0349. The van der Waals surface area contributed by atoms with Crippen LogP contribution >= 0.6 is 11.8 Å². The zero-order valence-electron chi connectivity index (χ0n) is 42.3. The number of alkyl halides is 3. The van der Waals surface area contributed by atoms with Crippen LogP contribution in [-0.4, -0.2) is 171 Å². The number of carboxylic acid groups (broad SMARTS) is 1. The number of rotatable bonds is 31. The average molecular weight is 1080 g/mol. The molecule has 25 heteroatoms. The lowest BCUT2D eigenvalue weighted by molar-refractivity contribution is -0.192. The van der Waals surface area contributed by atoms with E-state index in [0.717, 1.165) is 52.6 Å². The summed E-state index contributed by atoms with van der Waals surface area (Å²) in [5.74, 6) is -7.20. The molecule has 1 aliphatic heterocycles. The maximum atomic E-state index is 15.3. The number of hydrogen-bond acceptors (Lipinski definition) is 13. The first-order valence-electron chi connectivity index (χ1n) is 23.7. The summed E-state index contributed by atoms with van der Waals surface area (Å²) < 4.78 is 84.8. The number of carboxylic acids is 1. The topological polar surface area (TPSA) is 250 Å². The lowest BCUT2D eigenvalue weighted by Gasteiger charge is -2.41. The van der Waals surface area contributed by atoms with Crippen molar-refractivity contribution >= 4 is 53.2 Å². The number of methoxy groups -OCH3 is 1. The first kappa shape index (κ1) is 63.0. The van der Waals surface area contributed by atoms with Crippen LogP contribution in [0.4, 0.5) is 22.0 Å². The van der Waals surface area contributed by atoms with Gasteiger partial charge < -0.3 is 55.2 Å². The number of imide groups is 1. The van der Waals surface area contributed by atoms with Crippen molar-refractivity contribution < 1.29 is 79.6 Å². The van der Waals surface area contributed by atoms with Crippen molar-refractivity contribution in [3.05, 3.63) is 95.8 Å². The SMILES string of the molecule is COCCOCCOCCOCCC(=O)NC(CSCC(=O)N(CCCN)C(c1cc(-c2cc(F)ccc2F)cn1Cc1ccccc1)C(C)(C)C)C(=O)NCCNC(=O)CN1C(=O)C=CC1=O.O=C(O)C(F)(F)F. The van der Waals surface area contributed by atoms with Crippen LogP contribution in [0.5, 0.6) is 0 Å². The monoisotopic (exact) mass is 1080 g/mol. The van der Waals surface area contributed by atoms with Gasteiger partial charge in [0, 0.05) is 80.6 Å². The fourth-order valence-electron chi connectivity index (χ4n) is 7.21. The first-order chi connectivity index (χ1) is 35.6. The van der Waals surface area contributed by atoms with E-state index in [2.05, 4.69) is 16.0 Å². The Morgan fingerprint density at radius 1 is 0.827 bits per heavy atom. The number of aliphatic carboxylic acids is 1. The van der Waals surface area contributed by atoms with E-state index in [9.17, 15) is 46.3 Å². The summed E-state index contributed by atoms with van der Waals surface area (Å²) >= 11 is 1.14. The zero-order chi connectivity index (χ0) is 55.6. The number of ether oxygens (including phenoxy) is 4. The third kappa shape index (κ3) is 22.6. The van der Waals surface area contributed by atoms with Gasteiger partial charge in [0.25, 0.3) is 11.8 Å². The minimum atomic E-state index is -5.08. The van der Waals surface area contributed by atoms with Crippen molar-refractivity contribution in [2.24, 2.45) is 11.1 Å². The van der Waals surface area contributed by atoms with E-state index in [1.54, 1.807) is 24.3 Å². The number of aromatic nitrogens is 1. The Kier molecular flexibility index (Phi) is 27.1. The third-order valence-corrected chi connectivity index (χ3v) is 11.7. The number of nitrogens with one attached hydrogen (secondary N) is 3. The molecule has 0 fully saturated rings. The van der Waals surface area contributed by atoms with Gasteiger partial charge in [-0.2, -0.15) is 13.2 Å². The van der Waals surface area contributed by atoms with Crippen molar-refractivity contribution in [2.75, 3.05) is 97.6 Å². The molecule has 3 aromatic rings. The standard InChI is InChI=1S/C48H65F2N7O10S.C2HF3O2/c1-48(2,3)46(40-27-35(37-28-36(49)11-12-38(37)50)30-55(40)29-34-9-6-5-7-10-34)56(19-8-16-51)45(62)33-68-32-39(54-41(58)15-20-65-23-24-67-26-25-66-22-21-64-4)47(63)53-18-17-52-42(59)31-57-43(60)13-14-44(57)61;3-2(4,5)1(6)7/h5-7,9-14,27-28,30,39,46H,8,15-26,29,31-33,51H2,1-4H3,(H,52,59)(H,53,63)(H,54,58);(H,6,7). The fourth-order valence-corrected chi connectivity index (χ4v) is 8.14. The minimum absolute atomic E-state index is 0.0126. The highest BCUT2D eigenvalue weighted by Crippen LogP contribution is 2.41. The Balaban J connectivity index is 0.00000197. The summed E-state index contributed by atoms with van der Waals surface area (Å²) in [5.41, 5.74) is 7.59. The Morgan fingerprint density at radius 2 is 1.43 bits per heavy atom. The van der Waals surface area contributed by atoms with Gasteiger partial charge in [0.2, 0.25) is 23.6 Å². The van der Waals surface area contributed by atoms with Gasteiger partial charge in [-0.1, -0.05) is 51.1 Å². The van der Waals surface area contributed by atoms with Crippen molar-refractivity contribution in [1.82, 2.24) is 30.3 Å². The van der Waals surface area contributed by atoms with E-state index < -0.39 is 77.4 Å². The van der Waals surface area contributed by atoms with Crippen molar-refractivity contribution in [2.45, 2.75) is 58.4 Å². The highest BCUT2D eigenvalue weighted by atomic mass is 32.2. The number of benzene rings is 2. The van der Waals surface area contributed by atoms with E-state index in [1.165, 1.54) is 0 Å². The van der Waals surface area contributed by atoms with Crippen molar-refractivity contribution in [3.63, 3.8) is 0 Å². The van der Waals surface area contributed by atoms with Crippen LogP contribution in [0.1, 0.15) is 50.9 Å². The van der Waals surface area contributed by atoms with Gasteiger partial charge in [-0.05, 0) is 48.2 Å². The zero-order valence-corrected chi connectivity index (χ0v) is 43.1. The number of nitrogens with zero attached hydrogens (tertiary/aromatic N) is 3. The molecule has 2 aromatic carbocycles. The third-order valence-electron chi connectivity index (χ3n) is 10.7. The summed E-state index contributed by atoms with van der Waals surface area (Å²) in [5, 5.41) is 15.1. The van der Waals surface area contributed by atoms with Crippen LogP contribution < -0.4 is 21.7 Å². The second-order valence-corrected chi connectivity index (χ2v) is 18.7. The molecule has 0 spiro atoms. The summed E-state index contributed by atoms with van der Waals surface area (Å²) in [6.45, 7) is 8.62. The summed E-state index contributed by atoms with van der Waals surface area (Å²) in [6.07, 6.45) is -0.784. The second-order valence-electron chi connectivity index (χ2n) is 17.6. The minimum Gasteiger partial charge on any atom is -0.475 e. The van der Waals surface area contributed by atoms with E-state index in [1.807, 2.05) is 55.7 Å². The molecule has 19 nitrogen and oxygen atoms in total. The summed E-state index contributed by atoms with van der Waals surface area (Å²) in [7, 11) is 1.59. The molecule has 0 aliphatic carbocycles. The van der Waals surface area contributed by atoms with Crippen LogP contribution in [0, 0.1) is 17.0 Å². The lowest BCUT2D eigenvalue weighted by Crippen LogP contribution is -2.50. The Bertz CT molecular complexity index is 2350. The van der Waals surface area contributed by atoms with Crippen LogP contribution in [0.15, 0.2) is 72.9 Å². The van der Waals surface area contributed by atoms with Gasteiger partial charge in [-0.25, -0.2) is 13.6 Å². The molecular formula is C50H66F5N7O12S. The van der Waals surface area contributed by atoms with Crippen LogP contribution in [0.25, 0.3) is 11.1 Å². The van der Waals surface area contributed by atoms with E-state index >= 15 is 4.39 Å².